The zero-order valence-electron chi connectivity index (χ0n) is 21.6. The van der Waals surface area contributed by atoms with Crippen molar-refractivity contribution in [1.82, 2.24) is 9.99 Å². The highest BCUT2D eigenvalue weighted by molar-refractivity contribution is 6.30. The van der Waals surface area contributed by atoms with Gasteiger partial charge in [0, 0.05) is 31.0 Å². The summed E-state index contributed by atoms with van der Waals surface area (Å²) in [6.07, 6.45) is 4.48. The SMILES string of the molecule is O=C(NCc1ccc(Cl)cc1)c1cn2c3c(cc(CC4CCOCC4)cc3c1=O)OCN2Cc1ccccc1. The minimum atomic E-state index is -0.414. The number of nitrogens with zero attached hydrogens (tertiary/aromatic N) is 2. The molecule has 6 rings (SSSR count). The van der Waals surface area contributed by atoms with Gasteiger partial charge in [-0.3, -0.25) is 19.3 Å². The monoisotopic (exact) mass is 543 g/mol. The van der Waals surface area contributed by atoms with Gasteiger partial charge in [-0.05, 0) is 66.1 Å². The highest BCUT2D eigenvalue weighted by atomic mass is 35.5. The van der Waals surface area contributed by atoms with Gasteiger partial charge >= 0.3 is 0 Å². The molecule has 0 unspecified atom stereocenters. The van der Waals surface area contributed by atoms with Crippen LogP contribution in [-0.2, 0) is 24.2 Å². The van der Waals surface area contributed by atoms with E-state index in [1.807, 2.05) is 64.3 Å². The van der Waals surface area contributed by atoms with E-state index in [0.717, 1.165) is 49.2 Å². The summed E-state index contributed by atoms with van der Waals surface area (Å²) in [6.45, 7) is 2.68. The fourth-order valence-corrected chi connectivity index (χ4v) is 5.49. The fourth-order valence-electron chi connectivity index (χ4n) is 5.36. The van der Waals surface area contributed by atoms with Gasteiger partial charge in [0.1, 0.15) is 16.8 Å². The van der Waals surface area contributed by atoms with Gasteiger partial charge in [0.2, 0.25) is 5.43 Å². The van der Waals surface area contributed by atoms with Crippen molar-refractivity contribution in [3.63, 3.8) is 0 Å². The van der Waals surface area contributed by atoms with Crippen molar-refractivity contribution < 1.29 is 14.3 Å². The number of rotatable bonds is 7. The van der Waals surface area contributed by atoms with Crippen molar-refractivity contribution in [3.8, 4) is 5.75 Å². The van der Waals surface area contributed by atoms with Crippen LogP contribution in [0, 0.1) is 5.92 Å². The Morgan fingerprint density at radius 1 is 0.974 bits per heavy atom. The van der Waals surface area contributed by atoms with Crippen LogP contribution in [-0.4, -0.2) is 30.5 Å². The summed E-state index contributed by atoms with van der Waals surface area (Å²) < 4.78 is 13.7. The molecule has 0 atom stereocenters. The second-order valence-electron chi connectivity index (χ2n) is 10.2. The zero-order chi connectivity index (χ0) is 26.8. The Bertz CT molecular complexity index is 1550. The number of amides is 1. The van der Waals surface area contributed by atoms with Crippen LogP contribution in [0.1, 0.15) is 39.9 Å². The summed E-state index contributed by atoms with van der Waals surface area (Å²) in [4.78, 5) is 27.2. The van der Waals surface area contributed by atoms with Crippen molar-refractivity contribution in [1.29, 1.82) is 0 Å². The second kappa shape index (κ2) is 11.1. The molecule has 1 amide bonds. The predicted octanol–water partition coefficient (Wildman–Crippen LogP) is 5.04. The van der Waals surface area contributed by atoms with Crippen LogP contribution in [0.15, 0.2) is 77.7 Å². The Kier molecular flexibility index (Phi) is 7.26. The van der Waals surface area contributed by atoms with Gasteiger partial charge in [0.15, 0.2) is 6.73 Å². The van der Waals surface area contributed by atoms with Crippen molar-refractivity contribution in [2.45, 2.75) is 32.4 Å². The van der Waals surface area contributed by atoms with Crippen molar-refractivity contribution in [2.24, 2.45) is 5.92 Å². The lowest BCUT2D eigenvalue weighted by Crippen LogP contribution is -2.42. The number of hydrogen-bond donors (Lipinski definition) is 1. The molecule has 3 aromatic carbocycles. The molecule has 2 aliphatic heterocycles. The average molecular weight is 544 g/mol. The van der Waals surface area contributed by atoms with E-state index in [9.17, 15) is 9.59 Å². The van der Waals surface area contributed by atoms with E-state index in [-0.39, 0.29) is 11.0 Å². The molecule has 8 heteroatoms. The third-order valence-corrected chi connectivity index (χ3v) is 7.71. The fraction of sp³-hybridized carbons (Fsp3) is 0.290. The van der Waals surface area contributed by atoms with Crippen LogP contribution in [0.3, 0.4) is 0 Å². The summed E-state index contributed by atoms with van der Waals surface area (Å²) in [7, 11) is 0. The molecule has 2 aliphatic rings. The average Bonchev–Trinajstić information content (AvgIpc) is 2.96. The number of aromatic nitrogens is 1. The largest absolute Gasteiger partial charge is 0.469 e. The summed E-state index contributed by atoms with van der Waals surface area (Å²) in [5.41, 5.74) is 3.53. The van der Waals surface area contributed by atoms with Crippen molar-refractivity contribution in [3.05, 3.63) is 110 Å². The molecule has 0 bridgehead atoms. The Morgan fingerprint density at radius 3 is 2.51 bits per heavy atom. The summed E-state index contributed by atoms with van der Waals surface area (Å²) in [6, 6.07) is 21.3. The molecule has 0 saturated carbocycles. The van der Waals surface area contributed by atoms with E-state index in [0.29, 0.717) is 47.4 Å². The number of ether oxygens (including phenoxy) is 2. The maximum atomic E-state index is 13.8. The van der Waals surface area contributed by atoms with E-state index in [1.54, 1.807) is 18.3 Å². The van der Waals surface area contributed by atoms with Crippen LogP contribution in [0.25, 0.3) is 10.9 Å². The first-order valence-corrected chi connectivity index (χ1v) is 13.7. The zero-order valence-corrected chi connectivity index (χ0v) is 22.3. The normalized spacial score (nSPS) is 15.3. The van der Waals surface area contributed by atoms with Crippen LogP contribution >= 0.6 is 11.6 Å². The molecule has 7 nitrogen and oxygen atoms in total. The van der Waals surface area contributed by atoms with Crippen molar-refractivity contribution in [2.75, 3.05) is 25.0 Å². The molecule has 0 radical (unpaired) electrons. The molecule has 1 fully saturated rings. The van der Waals surface area contributed by atoms with Gasteiger partial charge in [-0.25, -0.2) is 0 Å². The first-order chi connectivity index (χ1) is 19.0. The van der Waals surface area contributed by atoms with Crippen molar-refractivity contribution >= 4 is 28.4 Å². The predicted molar refractivity (Wildman–Crippen MR) is 152 cm³/mol. The number of carbonyl (C=O) groups is 1. The number of pyridine rings is 1. The molecular formula is C31H30ClN3O4. The lowest BCUT2D eigenvalue weighted by Gasteiger charge is -2.34. The minimum Gasteiger partial charge on any atom is -0.469 e. The quantitative estimate of drug-likeness (QED) is 0.353. The first-order valence-electron chi connectivity index (χ1n) is 13.3. The van der Waals surface area contributed by atoms with Gasteiger partial charge in [0.05, 0.1) is 11.9 Å². The van der Waals surface area contributed by atoms with Gasteiger partial charge < -0.3 is 14.8 Å². The van der Waals surface area contributed by atoms with Gasteiger partial charge in [-0.2, -0.15) is 0 Å². The minimum absolute atomic E-state index is 0.102. The molecule has 39 heavy (non-hydrogen) atoms. The Morgan fingerprint density at radius 2 is 1.74 bits per heavy atom. The molecule has 200 valence electrons. The third kappa shape index (κ3) is 5.51. The van der Waals surface area contributed by atoms with Crippen LogP contribution in [0.5, 0.6) is 5.75 Å². The summed E-state index contributed by atoms with van der Waals surface area (Å²) >= 11 is 5.99. The van der Waals surface area contributed by atoms with Gasteiger partial charge in [-0.15, -0.1) is 0 Å². The van der Waals surface area contributed by atoms with E-state index >= 15 is 0 Å². The van der Waals surface area contributed by atoms with E-state index in [1.165, 1.54) is 0 Å². The molecule has 1 N–H and O–H groups in total. The van der Waals surface area contributed by atoms with E-state index < -0.39 is 5.91 Å². The number of hydrogen-bond acceptors (Lipinski definition) is 5. The van der Waals surface area contributed by atoms with E-state index in [4.69, 9.17) is 21.1 Å². The summed E-state index contributed by atoms with van der Waals surface area (Å²) in [5.74, 6) is 0.752. The standard InChI is InChI=1S/C31H30ClN3O4/c32-25-8-6-22(7-9-25)17-33-31(37)27-19-35-29-26(30(27)36)15-24(14-21-10-12-38-13-11-21)16-28(29)39-20-34(35)18-23-4-2-1-3-5-23/h1-9,15-16,19,21H,10-14,17-18,20H2,(H,33,37). The Labute approximate surface area is 231 Å². The molecule has 0 spiro atoms. The number of nitrogens with one attached hydrogen (secondary N) is 1. The highest BCUT2D eigenvalue weighted by Crippen LogP contribution is 2.32. The second-order valence-corrected chi connectivity index (χ2v) is 10.6. The highest BCUT2D eigenvalue weighted by Gasteiger charge is 2.26. The molecule has 3 heterocycles. The lowest BCUT2D eigenvalue weighted by atomic mass is 9.91. The smallest absolute Gasteiger partial charge is 0.257 e. The Balaban J connectivity index is 1.39. The van der Waals surface area contributed by atoms with E-state index in [2.05, 4.69) is 5.32 Å². The van der Waals surface area contributed by atoms with Crippen LogP contribution in [0.4, 0.5) is 0 Å². The molecular weight excluding hydrogens is 514 g/mol. The molecule has 0 aliphatic carbocycles. The van der Waals surface area contributed by atoms with Gasteiger partial charge in [0.25, 0.3) is 5.91 Å². The Hall–Kier alpha value is -3.81. The van der Waals surface area contributed by atoms with Crippen LogP contribution in [0.2, 0.25) is 5.02 Å². The summed E-state index contributed by atoms with van der Waals surface area (Å²) in [5, 5.41) is 6.03. The topological polar surface area (TPSA) is 72.8 Å². The third-order valence-electron chi connectivity index (χ3n) is 7.46. The number of halogens is 1. The lowest BCUT2D eigenvalue weighted by molar-refractivity contribution is 0.0665. The van der Waals surface area contributed by atoms with Crippen LogP contribution < -0.4 is 20.5 Å². The number of benzene rings is 3. The molecule has 1 saturated heterocycles. The maximum Gasteiger partial charge on any atom is 0.257 e. The molecule has 4 aromatic rings. The first kappa shape index (κ1) is 25.5. The molecule has 1 aromatic heterocycles. The maximum absolute atomic E-state index is 13.8. The number of carbonyl (C=O) groups excluding carboxylic acids is 1. The van der Waals surface area contributed by atoms with Gasteiger partial charge in [-0.1, -0.05) is 54.1 Å².